The van der Waals surface area contributed by atoms with Crippen LogP contribution in [-0.4, -0.2) is 56.6 Å². The summed E-state index contributed by atoms with van der Waals surface area (Å²) >= 11 is 0. The van der Waals surface area contributed by atoms with Crippen molar-refractivity contribution in [3.63, 3.8) is 0 Å². The van der Waals surface area contributed by atoms with Crippen LogP contribution in [0.1, 0.15) is 55.1 Å². The maximum absolute atomic E-state index is 14.7. The van der Waals surface area contributed by atoms with Crippen molar-refractivity contribution in [2.75, 3.05) is 13.2 Å². The van der Waals surface area contributed by atoms with Crippen LogP contribution < -0.4 is 0 Å². The molecule has 0 aliphatic carbocycles. The minimum absolute atomic E-state index is 0.0789. The number of aryl methyl sites for hydroxylation is 1. The van der Waals surface area contributed by atoms with Crippen LogP contribution >= 0.6 is 0 Å². The van der Waals surface area contributed by atoms with E-state index in [0.717, 1.165) is 22.5 Å². The molecule has 0 bridgehead atoms. The molecule has 0 unspecified atom stereocenters. The first-order valence-corrected chi connectivity index (χ1v) is 12.2. The highest BCUT2D eigenvalue weighted by Crippen LogP contribution is 2.31. The molecule has 0 saturated carbocycles. The Morgan fingerprint density at radius 3 is 2.39 bits per heavy atom. The predicted octanol–water partition coefficient (Wildman–Crippen LogP) is 2.65. The van der Waals surface area contributed by atoms with Crippen LogP contribution in [0.2, 0.25) is 0 Å². The lowest BCUT2D eigenvalue weighted by molar-refractivity contribution is 0.193. The molecule has 9 nitrogen and oxygen atoms in total. The van der Waals surface area contributed by atoms with E-state index >= 15 is 0 Å². The maximum atomic E-state index is 14.7. The third-order valence-corrected chi connectivity index (χ3v) is 8.11. The van der Waals surface area contributed by atoms with E-state index in [-0.39, 0.29) is 17.6 Å². The fourth-order valence-corrected chi connectivity index (χ4v) is 5.31. The van der Waals surface area contributed by atoms with Gasteiger partial charge in [-0.15, -0.1) is 10.2 Å². The lowest BCUT2D eigenvalue weighted by Crippen LogP contribution is -2.28. The van der Waals surface area contributed by atoms with Crippen LogP contribution in [-0.2, 0) is 20.3 Å². The summed E-state index contributed by atoms with van der Waals surface area (Å²) in [4.78, 5) is 12.0. The Bertz CT molecular complexity index is 1220. The highest BCUT2D eigenvalue weighted by Gasteiger charge is 2.34. The summed E-state index contributed by atoms with van der Waals surface area (Å²) in [5.74, 6) is -2.65. The second-order valence-corrected chi connectivity index (χ2v) is 10.6. The molecule has 176 valence electrons. The molecule has 0 amide bonds. The molecule has 4 heterocycles. The fraction of sp³-hybridized carbons (Fsp3) is 0.476. The standard InChI is InChI=1S/C21H24F2N6O3S/c1-12-6-25-20(26-7-12)13(2)14(3)33(30,31)11-18-27-28-21(15-4-5-32-10-15)29(18)19-16(22)8-24-9-17(19)23/h6-9,13-15H,4-5,10-11H2,1-3H3/t13-,14-,15-/m0/s1. The zero-order chi connectivity index (χ0) is 23.8. The fourth-order valence-electron chi connectivity index (χ4n) is 3.76. The lowest BCUT2D eigenvalue weighted by atomic mass is 10.1. The number of ether oxygens (including phenoxy) is 1. The zero-order valence-electron chi connectivity index (χ0n) is 18.4. The van der Waals surface area contributed by atoms with Crippen LogP contribution in [0.3, 0.4) is 0 Å². The van der Waals surface area contributed by atoms with Crippen LogP contribution in [0.4, 0.5) is 8.78 Å². The SMILES string of the molecule is Cc1cnc([C@@H](C)[C@H](C)S(=O)(=O)Cc2nnc([C@H]3CCOC3)n2-c2c(F)cncc2F)nc1. The van der Waals surface area contributed by atoms with E-state index in [1.165, 1.54) is 0 Å². The summed E-state index contributed by atoms with van der Waals surface area (Å²) in [6.07, 6.45) is 5.56. The number of sulfone groups is 1. The summed E-state index contributed by atoms with van der Waals surface area (Å²) in [5.41, 5.74) is 0.407. The average molecular weight is 479 g/mol. The highest BCUT2D eigenvalue weighted by atomic mass is 32.2. The average Bonchev–Trinajstić information content (AvgIpc) is 3.43. The Morgan fingerprint density at radius 2 is 1.79 bits per heavy atom. The number of rotatable bonds is 7. The van der Waals surface area contributed by atoms with Crippen molar-refractivity contribution in [2.45, 2.75) is 50.0 Å². The van der Waals surface area contributed by atoms with E-state index in [0.29, 0.717) is 25.5 Å². The number of pyridine rings is 1. The van der Waals surface area contributed by atoms with E-state index in [1.54, 1.807) is 26.2 Å². The molecule has 33 heavy (non-hydrogen) atoms. The zero-order valence-corrected chi connectivity index (χ0v) is 19.3. The molecule has 1 fully saturated rings. The lowest BCUT2D eigenvalue weighted by Gasteiger charge is -2.20. The Balaban J connectivity index is 1.72. The first-order valence-electron chi connectivity index (χ1n) is 10.5. The Hall–Kier alpha value is -2.86. The van der Waals surface area contributed by atoms with Gasteiger partial charge in [-0.05, 0) is 25.8 Å². The molecule has 3 aromatic rings. The predicted molar refractivity (Wildman–Crippen MR) is 115 cm³/mol. The number of nitrogens with zero attached hydrogens (tertiary/aromatic N) is 6. The number of hydrogen-bond acceptors (Lipinski definition) is 8. The largest absolute Gasteiger partial charge is 0.381 e. The van der Waals surface area contributed by atoms with Gasteiger partial charge in [-0.1, -0.05) is 6.92 Å². The Kier molecular flexibility index (Phi) is 6.48. The van der Waals surface area contributed by atoms with Crippen molar-refractivity contribution >= 4 is 9.84 Å². The molecule has 3 aromatic heterocycles. The van der Waals surface area contributed by atoms with Crippen molar-refractivity contribution < 1.29 is 21.9 Å². The summed E-state index contributed by atoms with van der Waals surface area (Å²) < 4.78 is 62.5. The first-order chi connectivity index (χ1) is 15.7. The third-order valence-electron chi connectivity index (χ3n) is 5.91. The number of hydrogen-bond donors (Lipinski definition) is 0. The highest BCUT2D eigenvalue weighted by molar-refractivity contribution is 7.91. The molecular formula is C21H24F2N6O3S. The van der Waals surface area contributed by atoms with Gasteiger partial charge in [0.25, 0.3) is 0 Å². The van der Waals surface area contributed by atoms with Crippen LogP contribution in [0.15, 0.2) is 24.8 Å². The van der Waals surface area contributed by atoms with Gasteiger partial charge < -0.3 is 4.74 Å². The van der Waals surface area contributed by atoms with Gasteiger partial charge in [0.1, 0.15) is 23.1 Å². The van der Waals surface area contributed by atoms with E-state index in [9.17, 15) is 17.2 Å². The minimum atomic E-state index is -3.83. The van der Waals surface area contributed by atoms with Gasteiger partial charge in [0, 0.05) is 30.8 Å². The number of halogens is 2. The summed E-state index contributed by atoms with van der Waals surface area (Å²) in [5, 5.41) is 7.25. The monoisotopic (exact) mass is 478 g/mol. The van der Waals surface area contributed by atoms with Gasteiger partial charge in [-0.3, -0.25) is 9.55 Å². The van der Waals surface area contributed by atoms with Gasteiger partial charge in [-0.2, -0.15) is 0 Å². The molecule has 0 radical (unpaired) electrons. The van der Waals surface area contributed by atoms with Crippen molar-refractivity contribution in [3.8, 4) is 5.69 Å². The quantitative estimate of drug-likeness (QED) is 0.509. The van der Waals surface area contributed by atoms with E-state index in [4.69, 9.17) is 4.74 Å². The van der Waals surface area contributed by atoms with Crippen molar-refractivity contribution in [1.82, 2.24) is 29.7 Å². The van der Waals surface area contributed by atoms with Gasteiger partial charge in [-0.25, -0.2) is 27.2 Å². The topological polar surface area (TPSA) is 113 Å². The Labute approximate surface area is 190 Å². The van der Waals surface area contributed by atoms with Crippen molar-refractivity contribution in [3.05, 3.63) is 59.5 Å². The second kappa shape index (κ2) is 9.18. The van der Waals surface area contributed by atoms with Crippen molar-refractivity contribution in [2.24, 2.45) is 0 Å². The second-order valence-electron chi connectivity index (χ2n) is 8.24. The summed E-state index contributed by atoms with van der Waals surface area (Å²) in [6, 6.07) is 0. The first kappa shape index (κ1) is 23.3. The maximum Gasteiger partial charge on any atom is 0.168 e. The molecule has 12 heteroatoms. The van der Waals surface area contributed by atoms with Gasteiger partial charge in [0.2, 0.25) is 0 Å². The molecule has 4 rings (SSSR count). The van der Waals surface area contributed by atoms with Gasteiger partial charge in [0.15, 0.2) is 27.3 Å². The molecule has 0 N–H and O–H groups in total. The van der Waals surface area contributed by atoms with Gasteiger partial charge >= 0.3 is 0 Å². The third kappa shape index (κ3) is 4.62. The molecule has 0 spiro atoms. The molecule has 1 aliphatic rings. The van der Waals surface area contributed by atoms with E-state index in [1.807, 2.05) is 6.92 Å². The van der Waals surface area contributed by atoms with Crippen LogP contribution in [0, 0.1) is 18.6 Å². The minimum Gasteiger partial charge on any atom is -0.381 e. The van der Waals surface area contributed by atoms with Gasteiger partial charge in [0.05, 0.1) is 24.3 Å². The molecule has 0 aromatic carbocycles. The van der Waals surface area contributed by atoms with Crippen LogP contribution in [0.5, 0.6) is 0 Å². The molecular weight excluding hydrogens is 454 g/mol. The smallest absolute Gasteiger partial charge is 0.168 e. The Morgan fingerprint density at radius 1 is 1.12 bits per heavy atom. The molecule has 3 atom stereocenters. The van der Waals surface area contributed by atoms with Crippen molar-refractivity contribution in [1.29, 1.82) is 0 Å². The normalized spacial score (nSPS) is 18.4. The summed E-state index contributed by atoms with van der Waals surface area (Å²) in [6.45, 7) is 5.89. The van der Waals surface area contributed by atoms with E-state index < -0.39 is 44.1 Å². The summed E-state index contributed by atoms with van der Waals surface area (Å²) in [7, 11) is -3.83. The number of aromatic nitrogens is 6. The molecule has 1 aliphatic heterocycles. The molecule has 1 saturated heterocycles. The van der Waals surface area contributed by atoms with Crippen LogP contribution in [0.25, 0.3) is 5.69 Å². The van der Waals surface area contributed by atoms with E-state index in [2.05, 4.69) is 25.1 Å².